The lowest BCUT2D eigenvalue weighted by Crippen LogP contribution is -2.33. The van der Waals surface area contributed by atoms with Crippen LogP contribution in [-0.2, 0) is 28.9 Å². The predicted octanol–water partition coefficient (Wildman–Crippen LogP) is 3.42. The van der Waals surface area contributed by atoms with Gasteiger partial charge in [0.1, 0.15) is 0 Å². The van der Waals surface area contributed by atoms with Gasteiger partial charge in [0.25, 0.3) is 5.91 Å². The van der Waals surface area contributed by atoms with Crippen LogP contribution in [0.25, 0.3) is 0 Å². The third-order valence-corrected chi connectivity index (χ3v) is 5.04. The molecule has 1 atom stereocenters. The predicted molar refractivity (Wildman–Crippen MR) is 97.0 cm³/mol. The van der Waals surface area contributed by atoms with Crippen molar-refractivity contribution < 1.29 is 14.4 Å². The first-order valence-corrected chi connectivity index (χ1v) is 9.20. The summed E-state index contributed by atoms with van der Waals surface area (Å²) in [5, 5.41) is 0.139. The van der Waals surface area contributed by atoms with E-state index in [1.54, 1.807) is 6.20 Å². The summed E-state index contributed by atoms with van der Waals surface area (Å²) in [4.78, 5) is 34.2. The maximum atomic E-state index is 12.4. The highest BCUT2D eigenvalue weighted by Crippen LogP contribution is 2.29. The first-order chi connectivity index (χ1) is 12.2. The molecule has 0 saturated carbocycles. The monoisotopic (exact) mass is 356 g/mol. The van der Waals surface area contributed by atoms with Crippen molar-refractivity contribution in [2.24, 2.45) is 0 Å². The number of thioether (sulfide) groups is 1. The van der Waals surface area contributed by atoms with E-state index in [0.29, 0.717) is 12.8 Å². The summed E-state index contributed by atoms with van der Waals surface area (Å²) >= 11 is 1.03. The topological polar surface area (TPSA) is 59.5 Å². The van der Waals surface area contributed by atoms with Gasteiger partial charge in [0.2, 0.25) is 0 Å². The minimum absolute atomic E-state index is 0.246. The number of carbonyl (C=O) groups is 2. The van der Waals surface area contributed by atoms with E-state index in [0.717, 1.165) is 34.5 Å². The van der Waals surface area contributed by atoms with Gasteiger partial charge in [-0.2, -0.15) is 0 Å². The molecule has 0 spiro atoms. The zero-order valence-electron chi connectivity index (χ0n) is 14.1. The summed E-state index contributed by atoms with van der Waals surface area (Å²) in [6.07, 6.45) is 3.79. The number of pyridine rings is 1. The molecule has 0 radical (unpaired) electrons. The average molecular weight is 356 g/mol. The number of amides is 2. The van der Waals surface area contributed by atoms with Crippen molar-refractivity contribution in [2.45, 2.75) is 31.4 Å². The molecular weight excluding hydrogens is 336 g/mol. The van der Waals surface area contributed by atoms with Crippen molar-refractivity contribution in [3.63, 3.8) is 0 Å². The Bertz CT molecular complexity index is 751. The van der Waals surface area contributed by atoms with Gasteiger partial charge in [-0.3, -0.25) is 19.4 Å². The number of aromatic nitrogens is 1. The Morgan fingerprint density at radius 3 is 2.72 bits per heavy atom. The molecule has 1 unspecified atom stereocenters. The number of benzene rings is 1. The van der Waals surface area contributed by atoms with Gasteiger partial charge in [-0.1, -0.05) is 37.3 Å². The third-order valence-electron chi connectivity index (χ3n) is 4.02. The zero-order valence-corrected chi connectivity index (χ0v) is 14.9. The number of hydrogen-bond acceptors (Lipinski definition) is 5. The SMILES string of the molecule is CCc1ccnc(CCON2C(=O)SC(Cc3ccccc3)C2=O)c1. The summed E-state index contributed by atoms with van der Waals surface area (Å²) in [6, 6.07) is 13.7. The van der Waals surface area contributed by atoms with Crippen LogP contribution < -0.4 is 0 Å². The minimum atomic E-state index is -0.420. The van der Waals surface area contributed by atoms with Crippen molar-refractivity contribution in [3.05, 3.63) is 65.5 Å². The van der Waals surface area contributed by atoms with E-state index in [-0.39, 0.29) is 17.8 Å². The van der Waals surface area contributed by atoms with Crippen LogP contribution in [0.1, 0.15) is 23.7 Å². The first kappa shape index (κ1) is 17.6. The van der Waals surface area contributed by atoms with Gasteiger partial charge in [-0.05, 0) is 47.9 Å². The van der Waals surface area contributed by atoms with Gasteiger partial charge < -0.3 is 0 Å². The quantitative estimate of drug-likeness (QED) is 0.761. The normalized spacial score (nSPS) is 17.3. The lowest BCUT2D eigenvalue weighted by molar-refractivity contribution is -0.163. The van der Waals surface area contributed by atoms with Gasteiger partial charge in [-0.15, -0.1) is 5.06 Å². The Labute approximate surface area is 151 Å². The summed E-state index contributed by atoms with van der Waals surface area (Å²) in [6.45, 7) is 2.33. The van der Waals surface area contributed by atoms with Crippen LogP contribution in [0.15, 0.2) is 48.7 Å². The van der Waals surface area contributed by atoms with E-state index < -0.39 is 5.25 Å². The molecule has 2 aromatic rings. The fraction of sp³-hybridized carbons (Fsp3) is 0.316. The lowest BCUT2D eigenvalue weighted by Gasteiger charge is -2.13. The molecule has 0 bridgehead atoms. The molecule has 5 nitrogen and oxygen atoms in total. The zero-order chi connectivity index (χ0) is 17.6. The molecule has 1 fully saturated rings. The molecule has 1 saturated heterocycles. The van der Waals surface area contributed by atoms with Crippen molar-refractivity contribution in [1.82, 2.24) is 10.0 Å². The fourth-order valence-corrected chi connectivity index (χ4v) is 3.59. The Kier molecular flexibility index (Phi) is 5.83. The van der Waals surface area contributed by atoms with E-state index in [4.69, 9.17) is 4.84 Å². The molecule has 130 valence electrons. The average Bonchev–Trinajstić information content (AvgIpc) is 2.90. The molecule has 3 rings (SSSR count). The van der Waals surface area contributed by atoms with Crippen LogP contribution in [0, 0.1) is 0 Å². The van der Waals surface area contributed by atoms with Gasteiger partial charge in [0.15, 0.2) is 0 Å². The second kappa shape index (κ2) is 8.27. The molecule has 0 N–H and O–H groups in total. The van der Waals surface area contributed by atoms with Crippen LogP contribution >= 0.6 is 11.8 Å². The van der Waals surface area contributed by atoms with Crippen molar-refractivity contribution in [1.29, 1.82) is 0 Å². The van der Waals surface area contributed by atoms with Gasteiger partial charge in [0, 0.05) is 18.3 Å². The van der Waals surface area contributed by atoms with Gasteiger partial charge >= 0.3 is 5.24 Å². The maximum absolute atomic E-state index is 12.4. The molecule has 1 aliphatic heterocycles. The van der Waals surface area contributed by atoms with Crippen molar-refractivity contribution in [3.8, 4) is 0 Å². The Morgan fingerprint density at radius 2 is 1.96 bits per heavy atom. The molecule has 2 heterocycles. The maximum Gasteiger partial charge on any atom is 0.313 e. The fourth-order valence-electron chi connectivity index (χ4n) is 2.64. The number of nitrogens with zero attached hydrogens (tertiary/aromatic N) is 2. The van der Waals surface area contributed by atoms with Gasteiger partial charge in [0.05, 0.1) is 11.9 Å². The highest BCUT2D eigenvalue weighted by molar-refractivity contribution is 8.15. The summed E-state index contributed by atoms with van der Waals surface area (Å²) < 4.78 is 0. The van der Waals surface area contributed by atoms with E-state index in [9.17, 15) is 9.59 Å². The van der Waals surface area contributed by atoms with Crippen molar-refractivity contribution >= 4 is 22.9 Å². The van der Waals surface area contributed by atoms with E-state index in [1.807, 2.05) is 42.5 Å². The summed E-state index contributed by atoms with van der Waals surface area (Å²) in [5.74, 6) is -0.283. The molecular formula is C19H20N2O3S. The second-order valence-corrected chi connectivity index (χ2v) is 6.94. The Morgan fingerprint density at radius 1 is 1.16 bits per heavy atom. The lowest BCUT2D eigenvalue weighted by atomic mass is 10.1. The molecule has 1 aromatic carbocycles. The summed E-state index contributed by atoms with van der Waals surface area (Å²) in [7, 11) is 0. The Hall–Kier alpha value is -2.18. The summed E-state index contributed by atoms with van der Waals surface area (Å²) in [5.41, 5.74) is 3.13. The highest BCUT2D eigenvalue weighted by atomic mass is 32.2. The number of rotatable bonds is 7. The van der Waals surface area contributed by atoms with Crippen LogP contribution in [0.3, 0.4) is 0 Å². The highest BCUT2D eigenvalue weighted by Gasteiger charge is 2.40. The van der Waals surface area contributed by atoms with E-state index in [1.165, 1.54) is 5.56 Å². The third kappa shape index (κ3) is 4.46. The molecule has 1 aromatic heterocycles. The first-order valence-electron chi connectivity index (χ1n) is 8.32. The number of carbonyl (C=O) groups excluding carboxylic acids is 2. The molecule has 6 heteroatoms. The van der Waals surface area contributed by atoms with Gasteiger partial charge in [-0.25, -0.2) is 0 Å². The molecule has 25 heavy (non-hydrogen) atoms. The number of hydrogen-bond donors (Lipinski definition) is 0. The van der Waals surface area contributed by atoms with E-state index in [2.05, 4.69) is 11.9 Å². The number of hydroxylamine groups is 2. The van der Waals surface area contributed by atoms with Crippen LogP contribution in [0.2, 0.25) is 0 Å². The molecule has 2 amide bonds. The molecule has 1 aliphatic rings. The number of aryl methyl sites for hydroxylation is 1. The standard InChI is InChI=1S/C19H20N2O3S/c1-2-14-8-10-20-16(12-14)9-11-24-21-18(22)17(25-19(21)23)13-15-6-4-3-5-7-15/h3-8,10,12,17H,2,9,11,13H2,1H3. The molecule has 0 aliphatic carbocycles. The smallest absolute Gasteiger partial charge is 0.271 e. The Balaban J connectivity index is 1.54. The number of imide groups is 1. The van der Waals surface area contributed by atoms with Crippen LogP contribution in [0.5, 0.6) is 0 Å². The van der Waals surface area contributed by atoms with Crippen LogP contribution in [-0.4, -0.2) is 33.1 Å². The van der Waals surface area contributed by atoms with E-state index >= 15 is 0 Å². The van der Waals surface area contributed by atoms with Crippen molar-refractivity contribution in [2.75, 3.05) is 6.61 Å². The largest absolute Gasteiger partial charge is 0.313 e. The minimum Gasteiger partial charge on any atom is -0.271 e. The second-order valence-electron chi connectivity index (χ2n) is 5.79. The van der Waals surface area contributed by atoms with Crippen LogP contribution in [0.4, 0.5) is 4.79 Å².